The van der Waals surface area contributed by atoms with E-state index in [9.17, 15) is 23.2 Å². The molecule has 2 aliphatic rings. The molecule has 0 saturated carbocycles. The van der Waals surface area contributed by atoms with Gasteiger partial charge < -0.3 is 20.1 Å². The Morgan fingerprint density at radius 3 is 2.32 bits per heavy atom. The molecule has 1 amide bonds. The standard InChI is InChI=1S/C21H21FN2O3.C7H6F2O/c1-13(27-22)20-17-11-16(19(25)12-18(17)23-21(20)26)14-5-7-15(8-6-14)24-9-3-2-4-10-24;1-10-6-4-2-3-5(8)7(6)9/h5-8,11-12,25H,2-4,9-10H2,1H3,(H,23,26);2-4H,1H3/b20-13+;. The summed E-state index contributed by atoms with van der Waals surface area (Å²) >= 11 is 0. The van der Waals surface area contributed by atoms with Crippen molar-refractivity contribution < 1.29 is 32.9 Å². The number of hydrogen-bond acceptors (Lipinski definition) is 5. The van der Waals surface area contributed by atoms with E-state index in [2.05, 4.69) is 19.9 Å². The highest BCUT2D eigenvalue weighted by Gasteiger charge is 2.29. The van der Waals surface area contributed by atoms with E-state index in [1.165, 1.54) is 57.2 Å². The van der Waals surface area contributed by atoms with Gasteiger partial charge in [0, 0.05) is 40.5 Å². The van der Waals surface area contributed by atoms with Crippen molar-refractivity contribution in [2.75, 3.05) is 30.4 Å². The topological polar surface area (TPSA) is 71.0 Å². The highest BCUT2D eigenvalue weighted by atomic mass is 19.3. The number of halogens is 3. The second-order valence-electron chi connectivity index (χ2n) is 8.73. The fourth-order valence-electron chi connectivity index (χ4n) is 4.47. The first-order valence-corrected chi connectivity index (χ1v) is 11.9. The summed E-state index contributed by atoms with van der Waals surface area (Å²) in [6, 6.07) is 15.0. The first-order chi connectivity index (χ1) is 17.8. The molecule has 0 aliphatic carbocycles. The number of piperidine rings is 1. The predicted octanol–water partition coefficient (Wildman–Crippen LogP) is 6.61. The van der Waals surface area contributed by atoms with Crippen LogP contribution in [0.2, 0.25) is 0 Å². The lowest BCUT2D eigenvalue weighted by atomic mass is 9.97. The number of anilines is 2. The monoisotopic (exact) mass is 512 g/mol. The molecule has 3 aromatic rings. The summed E-state index contributed by atoms with van der Waals surface area (Å²) in [6.45, 7) is 3.52. The predicted molar refractivity (Wildman–Crippen MR) is 136 cm³/mol. The summed E-state index contributed by atoms with van der Waals surface area (Å²) in [5.74, 6) is -2.40. The molecule has 5 rings (SSSR count). The molecule has 0 bridgehead atoms. The summed E-state index contributed by atoms with van der Waals surface area (Å²) in [7, 11) is 1.29. The number of nitrogens with one attached hydrogen (secondary N) is 1. The van der Waals surface area contributed by atoms with Crippen LogP contribution in [0.4, 0.5) is 24.7 Å². The number of allylic oxidation sites excluding steroid dienone is 1. The van der Waals surface area contributed by atoms with Gasteiger partial charge in [-0.3, -0.25) is 9.74 Å². The number of carbonyl (C=O) groups excluding carboxylic acids is 1. The Labute approximate surface area is 212 Å². The van der Waals surface area contributed by atoms with Crippen LogP contribution in [0.5, 0.6) is 11.5 Å². The van der Waals surface area contributed by atoms with Crippen LogP contribution < -0.4 is 15.0 Å². The van der Waals surface area contributed by atoms with Gasteiger partial charge in [-0.25, -0.2) is 4.39 Å². The van der Waals surface area contributed by atoms with Crippen molar-refractivity contribution in [3.05, 3.63) is 77.6 Å². The van der Waals surface area contributed by atoms with E-state index in [0.29, 0.717) is 16.8 Å². The zero-order valence-corrected chi connectivity index (χ0v) is 20.5. The Morgan fingerprint density at radius 2 is 1.70 bits per heavy atom. The Bertz CT molecular complexity index is 1320. The molecular formula is C28H27F3N2O4. The average Bonchev–Trinajstić information content (AvgIpc) is 3.24. The van der Waals surface area contributed by atoms with Crippen molar-refractivity contribution in [2.24, 2.45) is 0 Å². The van der Waals surface area contributed by atoms with E-state index in [-0.39, 0.29) is 22.8 Å². The second kappa shape index (κ2) is 11.3. The number of rotatable bonds is 4. The Balaban J connectivity index is 0.000000270. The number of nitrogens with zero attached hydrogens (tertiary/aromatic N) is 1. The Hall–Kier alpha value is -4.14. The van der Waals surface area contributed by atoms with E-state index in [1.807, 2.05) is 24.3 Å². The van der Waals surface area contributed by atoms with Gasteiger partial charge in [-0.2, -0.15) is 4.39 Å². The molecule has 9 heteroatoms. The van der Waals surface area contributed by atoms with Gasteiger partial charge in [0.15, 0.2) is 17.3 Å². The number of phenols is 1. The maximum atomic E-state index is 12.6. The number of phenolic OH excluding ortho intramolecular Hbond substituents is 1. The summed E-state index contributed by atoms with van der Waals surface area (Å²) in [4.78, 5) is 18.2. The maximum Gasteiger partial charge on any atom is 0.259 e. The van der Waals surface area contributed by atoms with Gasteiger partial charge in [-0.05, 0) is 62.1 Å². The largest absolute Gasteiger partial charge is 0.507 e. The van der Waals surface area contributed by atoms with Crippen molar-refractivity contribution in [1.82, 2.24) is 0 Å². The van der Waals surface area contributed by atoms with E-state index in [0.717, 1.165) is 24.7 Å². The molecule has 0 unspecified atom stereocenters. The van der Waals surface area contributed by atoms with Crippen molar-refractivity contribution in [1.29, 1.82) is 0 Å². The minimum Gasteiger partial charge on any atom is -0.507 e. The molecular weight excluding hydrogens is 485 g/mol. The maximum absolute atomic E-state index is 12.6. The summed E-state index contributed by atoms with van der Waals surface area (Å²) in [5.41, 5.74) is 3.67. The number of benzene rings is 3. The molecule has 2 heterocycles. The lowest BCUT2D eigenvalue weighted by Crippen LogP contribution is -2.29. The first kappa shape index (κ1) is 25.9. The quantitative estimate of drug-likeness (QED) is 0.304. The van der Waals surface area contributed by atoms with Crippen molar-refractivity contribution >= 4 is 22.9 Å². The Morgan fingerprint density at radius 1 is 1.00 bits per heavy atom. The van der Waals surface area contributed by atoms with Crippen LogP contribution in [0.1, 0.15) is 31.7 Å². The van der Waals surface area contributed by atoms with Crippen molar-refractivity contribution in [2.45, 2.75) is 26.2 Å². The molecule has 1 fully saturated rings. The van der Waals surface area contributed by atoms with E-state index < -0.39 is 17.5 Å². The van der Waals surface area contributed by atoms with Gasteiger partial charge in [-0.1, -0.05) is 18.2 Å². The highest BCUT2D eigenvalue weighted by molar-refractivity contribution is 6.32. The van der Waals surface area contributed by atoms with Crippen LogP contribution in [-0.4, -0.2) is 31.2 Å². The minimum absolute atomic E-state index is 0.0554. The van der Waals surface area contributed by atoms with Crippen LogP contribution in [0.15, 0.2) is 60.4 Å². The molecule has 0 radical (unpaired) electrons. The zero-order chi connectivity index (χ0) is 26.5. The average molecular weight is 513 g/mol. The highest BCUT2D eigenvalue weighted by Crippen LogP contribution is 2.42. The zero-order valence-electron chi connectivity index (χ0n) is 20.5. The number of amides is 1. The van der Waals surface area contributed by atoms with Gasteiger partial charge in [0.25, 0.3) is 5.91 Å². The number of carbonyl (C=O) groups is 1. The number of methoxy groups -OCH3 is 1. The smallest absolute Gasteiger partial charge is 0.259 e. The fraction of sp³-hybridized carbons (Fsp3) is 0.250. The molecule has 6 nitrogen and oxygen atoms in total. The molecule has 0 aromatic heterocycles. The van der Waals surface area contributed by atoms with Gasteiger partial charge in [0.05, 0.1) is 18.4 Å². The lowest BCUT2D eigenvalue weighted by Gasteiger charge is -2.28. The van der Waals surface area contributed by atoms with Gasteiger partial charge in [0.1, 0.15) is 5.75 Å². The third kappa shape index (κ3) is 5.50. The summed E-state index contributed by atoms with van der Waals surface area (Å²) < 4.78 is 42.0. The molecule has 37 heavy (non-hydrogen) atoms. The third-order valence-electron chi connectivity index (χ3n) is 6.38. The lowest BCUT2D eigenvalue weighted by molar-refractivity contribution is -0.112. The van der Waals surface area contributed by atoms with Crippen molar-refractivity contribution in [3.8, 4) is 22.6 Å². The van der Waals surface area contributed by atoms with Crippen LogP contribution in [-0.2, 0) is 9.74 Å². The molecule has 3 aromatic carbocycles. The summed E-state index contributed by atoms with van der Waals surface area (Å²) in [5, 5.41) is 13.1. The number of hydrogen-bond donors (Lipinski definition) is 2. The summed E-state index contributed by atoms with van der Waals surface area (Å²) in [6.07, 6.45) is 3.70. The van der Waals surface area contributed by atoms with Gasteiger partial charge in [-0.15, -0.1) is 0 Å². The SMILES string of the molecule is C/C(OF)=C1\C(=O)Nc2cc(O)c(-c3ccc(N4CCCCC4)cc3)cc21.COc1cccc(F)c1F. The van der Waals surface area contributed by atoms with Crippen LogP contribution in [0, 0.1) is 11.6 Å². The Kier molecular flexibility index (Phi) is 7.91. The van der Waals surface area contributed by atoms with Crippen molar-refractivity contribution in [3.63, 3.8) is 0 Å². The molecule has 1 saturated heterocycles. The molecule has 194 valence electrons. The van der Waals surface area contributed by atoms with E-state index in [1.54, 1.807) is 6.07 Å². The van der Waals surface area contributed by atoms with E-state index >= 15 is 0 Å². The van der Waals surface area contributed by atoms with Gasteiger partial charge in [0.2, 0.25) is 5.82 Å². The first-order valence-electron chi connectivity index (χ1n) is 11.9. The van der Waals surface area contributed by atoms with Gasteiger partial charge >= 0.3 is 0 Å². The number of ether oxygens (including phenoxy) is 1. The van der Waals surface area contributed by atoms with Crippen LogP contribution in [0.25, 0.3) is 16.7 Å². The van der Waals surface area contributed by atoms with E-state index in [4.69, 9.17) is 0 Å². The third-order valence-corrected chi connectivity index (χ3v) is 6.38. The molecule has 0 spiro atoms. The fourth-order valence-corrected chi connectivity index (χ4v) is 4.47. The minimum atomic E-state index is -0.940. The number of fused-ring (bicyclic) bond motifs is 1. The molecule has 2 N–H and O–H groups in total. The molecule has 0 atom stereocenters. The van der Waals surface area contributed by atoms with Crippen LogP contribution >= 0.6 is 0 Å². The second-order valence-corrected chi connectivity index (χ2v) is 8.73. The van der Waals surface area contributed by atoms with Crippen LogP contribution in [0.3, 0.4) is 0 Å². The number of aromatic hydroxyl groups is 1. The molecule has 2 aliphatic heterocycles. The normalized spacial score (nSPS) is 15.8.